The zero-order valence-electron chi connectivity index (χ0n) is 10.7. The smallest absolute Gasteiger partial charge is 0.223 e. The molecule has 1 amide bonds. The number of hydrogen-bond acceptors (Lipinski definition) is 2. The molecule has 0 bridgehead atoms. The molecule has 0 heterocycles. The molecule has 2 saturated carbocycles. The van der Waals surface area contributed by atoms with Gasteiger partial charge in [0, 0.05) is 18.4 Å². The van der Waals surface area contributed by atoms with Crippen LogP contribution in [0, 0.1) is 11.8 Å². The van der Waals surface area contributed by atoms with Crippen molar-refractivity contribution in [2.75, 3.05) is 6.54 Å². The van der Waals surface area contributed by atoms with Crippen LogP contribution in [-0.2, 0) is 4.79 Å². The van der Waals surface area contributed by atoms with Gasteiger partial charge in [0.2, 0.25) is 5.91 Å². The van der Waals surface area contributed by atoms with Gasteiger partial charge in [0.1, 0.15) is 0 Å². The fraction of sp³-hybridized carbons (Fsp3) is 0.929. The van der Waals surface area contributed by atoms with E-state index >= 15 is 0 Å². The molecule has 2 aliphatic rings. The summed E-state index contributed by atoms with van der Waals surface area (Å²) in [4.78, 5) is 12.0. The lowest BCUT2D eigenvalue weighted by molar-refractivity contribution is -0.126. The maximum absolute atomic E-state index is 12.0. The Hall–Kier alpha value is -0.570. The second kappa shape index (κ2) is 6.39. The third kappa shape index (κ3) is 3.70. The van der Waals surface area contributed by atoms with Crippen LogP contribution < -0.4 is 5.32 Å². The first-order valence-electron chi connectivity index (χ1n) is 7.23. The highest BCUT2D eigenvalue weighted by Gasteiger charge is 2.25. The largest absolute Gasteiger partial charge is 0.393 e. The Kier molecular flexibility index (Phi) is 4.84. The number of hydrogen-bond donors (Lipinski definition) is 2. The zero-order valence-corrected chi connectivity index (χ0v) is 10.7. The molecule has 3 heteroatoms. The van der Waals surface area contributed by atoms with Crippen LogP contribution in [0.5, 0.6) is 0 Å². The van der Waals surface area contributed by atoms with Crippen LogP contribution in [-0.4, -0.2) is 23.7 Å². The van der Waals surface area contributed by atoms with Gasteiger partial charge in [0.15, 0.2) is 0 Å². The maximum atomic E-state index is 12.0. The van der Waals surface area contributed by atoms with Crippen LogP contribution in [0.1, 0.15) is 57.8 Å². The van der Waals surface area contributed by atoms with Crippen molar-refractivity contribution in [1.82, 2.24) is 5.32 Å². The average molecular weight is 239 g/mol. The number of carbonyl (C=O) groups is 1. The molecule has 0 saturated heterocycles. The Balaban J connectivity index is 1.71. The third-order valence-corrected chi connectivity index (χ3v) is 4.38. The molecule has 98 valence electrons. The molecule has 0 aliphatic heterocycles. The van der Waals surface area contributed by atoms with Crippen molar-refractivity contribution in [2.24, 2.45) is 11.8 Å². The Morgan fingerprint density at radius 2 is 1.65 bits per heavy atom. The van der Waals surface area contributed by atoms with Crippen molar-refractivity contribution < 1.29 is 9.90 Å². The highest BCUT2D eigenvalue weighted by atomic mass is 16.3. The van der Waals surface area contributed by atoms with Crippen LogP contribution in [0.2, 0.25) is 0 Å². The first-order valence-corrected chi connectivity index (χ1v) is 7.23. The first-order chi connectivity index (χ1) is 8.27. The van der Waals surface area contributed by atoms with Gasteiger partial charge in [-0.3, -0.25) is 4.79 Å². The van der Waals surface area contributed by atoms with E-state index < -0.39 is 0 Å². The summed E-state index contributed by atoms with van der Waals surface area (Å²) < 4.78 is 0. The fourth-order valence-electron chi connectivity index (χ4n) is 3.17. The van der Waals surface area contributed by atoms with Crippen LogP contribution in [0.15, 0.2) is 0 Å². The Morgan fingerprint density at radius 3 is 2.35 bits per heavy atom. The summed E-state index contributed by atoms with van der Waals surface area (Å²) >= 11 is 0. The Labute approximate surface area is 104 Å². The highest BCUT2D eigenvalue weighted by Crippen LogP contribution is 2.25. The minimum absolute atomic E-state index is 0.199. The molecule has 3 nitrogen and oxygen atoms in total. The maximum Gasteiger partial charge on any atom is 0.223 e. The van der Waals surface area contributed by atoms with Crippen molar-refractivity contribution in [2.45, 2.75) is 63.9 Å². The molecule has 0 aromatic rings. The monoisotopic (exact) mass is 239 g/mol. The number of aliphatic hydroxyl groups is 1. The summed E-state index contributed by atoms with van der Waals surface area (Å²) in [5, 5.41) is 12.9. The molecule has 2 unspecified atom stereocenters. The van der Waals surface area contributed by atoms with Gasteiger partial charge in [-0.15, -0.1) is 0 Å². The fourth-order valence-corrected chi connectivity index (χ4v) is 3.17. The topological polar surface area (TPSA) is 49.3 Å². The first kappa shape index (κ1) is 12.9. The lowest BCUT2D eigenvalue weighted by atomic mass is 9.85. The summed E-state index contributed by atoms with van der Waals surface area (Å²) in [6, 6.07) is 0. The second-order valence-electron chi connectivity index (χ2n) is 5.69. The van der Waals surface area contributed by atoms with Crippen LogP contribution in [0.3, 0.4) is 0 Å². The summed E-state index contributed by atoms with van der Waals surface area (Å²) in [5.74, 6) is 0.753. The number of nitrogens with one attached hydrogen (secondary N) is 1. The summed E-state index contributed by atoms with van der Waals surface area (Å²) in [6.07, 6.45) is 9.89. The number of aliphatic hydroxyl groups excluding tert-OH is 1. The van der Waals surface area contributed by atoms with E-state index in [1.54, 1.807) is 0 Å². The van der Waals surface area contributed by atoms with Gasteiger partial charge in [-0.1, -0.05) is 32.1 Å². The molecule has 0 aromatic carbocycles. The van der Waals surface area contributed by atoms with Crippen molar-refractivity contribution in [1.29, 1.82) is 0 Å². The van der Waals surface area contributed by atoms with Gasteiger partial charge in [-0.05, 0) is 25.7 Å². The van der Waals surface area contributed by atoms with Crippen molar-refractivity contribution >= 4 is 5.91 Å². The molecule has 0 aromatic heterocycles. The predicted molar refractivity (Wildman–Crippen MR) is 67.5 cm³/mol. The van der Waals surface area contributed by atoms with Crippen molar-refractivity contribution in [3.05, 3.63) is 0 Å². The number of rotatable bonds is 3. The van der Waals surface area contributed by atoms with E-state index in [4.69, 9.17) is 0 Å². The molecule has 2 N–H and O–H groups in total. The average Bonchev–Trinajstić information content (AvgIpc) is 2.38. The molecule has 0 spiro atoms. The van der Waals surface area contributed by atoms with Crippen LogP contribution in [0.4, 0.5) is 0 Å². The molecular weight excluding hydrogens is 214 g/mol. The lowest BCUT2D eigenvalue weighted by Crippen LogP contribution is -2.39. The van der Waals surface area contributed by atoms with E-state index in [0.717, 1.165) is 32.1 Å². The highest BCUT2D eigenvalue weighted by molar-refractivity contribution is 5.78. The van der Waals surface area contributed by atoms with Crippen molar-refractivity contribution in [3.63, 3.8) is 0 Å². The minimum atomic E-state index is -0.199. The van der Waals surface area contributed by atoms with Gasteiger partial charge in [-0.2, -0.15) is 0 Å². The number of carbonyl (C=O) groups excluding carboxylic acids is 1. The standard InChI is InChI=1S/C14H25NO2/c16-13-9-5-4-8-12(13)10-15-14(17)11-6-2-1-3-7-11/h11-13,16H,1-10H2,(H,15,17). The molecule has 2 aliphatic carbocycles. The lowest BCUT2D eigenvalue weighted by Gasteiger charge is -2.28. The second-order valence-corrected chi connectivity index (χ2v) is 5.69. The van der Waals surface area contributed by atoms with Crippen molar-refractivity contribution in [3.8, 4) is 0 Å². The van der Waals surface area contributed by atoms with Gasteiger partial charge in [-0.25, -0.2) is 0 Å². The summed E-state index contributed by atoms with van der Waals surface area (Å²) in [6.45, 7) is 0.677. The minimum Gasteiger partial charge on any atom is -0.393 e. The SMILES string of the molecule is O=C(NCC1CCCCC1O)C1CCCCC1. The molecule has 2 atom stereocenters. The zero-order chi connectivity index (χ0) is 12.1. The normalized spacial score (nSPS) is 31.1. The quantitative estimate of drug-likeness (QED) is 0.793. The molecule has 0 radical (unpaired) electrons. The van der Waals surface area contributed by atoms with E-state index in [9.17, 15) is 9.90 Å². The van der Waals surface area contributed by atoms with E-state index in [1.807, 2.05) is 0 Å². The summed E-state index contributed by atoms with van der Waals surface area (Å²) in [7, 11) is 0. The third-order valence-electron chi connectivity index (χ3n) is 4.38. The summed E-state index contributed by atoms with van der Waals surface area (Å²) in [5.41, 5.74) is 0. The van der Waals surface area contributed by atoms with Gasteiger partial charge in [0.05, 0.1) is 6.10 Å². The Morgan fingerprint density at radius 1 is 1.00 bits per heavy atom. The van der Waals surface area contributed by atoms with Gasteiger partial charge < -0.3 is 10.4 Å². The number of amides is 1. The van der Waals surface area contributed by atoms with Gasteiger partial charge >= 0.3 is 0 Å². The molecule has 2 rings (SSSR count). The van der Waals surface area contributed by atoms with E-state index in [1.165, 1.54) is 25.7 Å². The molecule has 17 heavy (non-hydrogen) atoms. The predicted octanol–water partition coefficient (Wildman–Crippen LogP) is 2.23. The van der Waals surface area contributed by atoms with Crippen LogP contribution >= 0.6 is 0 Å². The van der Waals surface area contributed by atoms with E-state index in [2.05, 4.69) is 5.32 Å². The van der Waals surface area contributed by atoms with Crippen LogP contribution in [0.25, 0.3) is 0 Å². The molecule has 2 fully saturated rings. The van der Waals surface area contributed by atoms with E-state index in [-0.39, 0.29) is 23.8 Å². The molecular formula is C14H25NO2. The van der Waals surface area contributed by atoms with E-state index in [0.29, 0.717) is 6.54 Å². The van der Waals surface area contributed by atoms with Gasteiger partial charge in [0.25, 0.3) is 0 Å². The Bertz CT molecular complexity index is 249.